The third-order valence-corrected chi connectivity index (χ3v) is 7.36. The predicted molar refractivity (Wildman–Crippen MR) is 140 cm³/mol. The molecule has 0 aliphatic heterocycles. The molecule has 35 heavy (non-hydrogen) atoms. The van der Waals surface area contributed by atoms with Crippen LogP contribution in [0.1, 0.15) is 52.0 Å². The van der Waals surface area contributed by atoms with Crippen LogP contribution in [0.3, 0.4) is 0 Å². The van der Waals surface area contributed by atoms with Crippen LogP contribution in [0.25, 0.3) is 0 Å². The molecule has 1 aliphatic carbocycles. The van der Waals surface area contributed by atoms with Crippen molar-refractivity contribution in [3.05, 3.63) is 75.3 Å². The van der Waals surface area contributed by atoms with Gasteiger partial charge in [-0.1, -0.05) is 54.6 Å². The second-order valence-corrected chi connectivity index (χ2v) is 10.4. The number of esters is 1. The first-order valence-corrected chi connectivity index (χ1v) is 12.7. The fraction of sp³-hybridized carbons (Fsp3) is 0.280. The van der Waals surface area contributed by atoms with E-state index in [2.05, 4.69) is 26.9 Å². The number of carbonyl (C=O) groups is 3. The van der Waals surface area contributed by atoms with Crippen molar-refractivity contribution in [3.63, 3.8) is 0 Å². The van der Waals surface area contributed by atoms with Gasteiger partial charge in [0.15, 0.2) is 5.78 Å². The van der Waals surface area contributed by atoms with Gasteiger partial charge in [0.1, 0.15) is 5.03 Å². The van der Waals surface area contributed by atoms with Crippen molar-refractivity contribution >= 4 is 47.0 Å². The topological polar surface area (TPSA) is 123 Å². The van der Waals surface area contributed by atoms with Gasteiger partial charge in [-0.2, -0.15) is 0 Å². The Hall–Kier alpha value is -3.24. The summed E-state index contributed by atoms with van der Waals surface area (Å²) in [6.45, 7) is 5.80. The lowest BCUT2D eigenvalue weighted by Crippen LogP contribution is -2.28. The van der Waals surface area contributed by atoms with Gasteiger partial charge >= 0.3 is 12.0 Å². The molecule has 184 valence electrons. The number of thioether (sulfide) groups is 2. The number of hydrogen-bond acceptors (Lipinski definition) is 8. The molecule has 10 heteroatoms. The highest BCUT2D eigenvalue weighted by atomic mass is 32.2. The lowest BCUT2D eigenvalue weighted by Gasteiger charge is -2.15. The summed E-state index contributed by atoms with van der Waals surface area (Å²) < 4.78 is 5.29. The molecular formula is C25H28N4O4S2. The second kappa shape index (κ2) is 12.5. The lowest BCUT2D eigenvalue weighted by molar-refractivity contribution is 0.0600. The molecule has 0 saturated heterocycles. The standard InChI is InChI=1S/C25H28N4O4S2/c1-15-8-10-20(19(12-15)23(30)17-6-4-5-7-17)29-25(32)28-16(2)34-22(13-26)35-21-11-9-18(14-27-21)24(31)33-3/h8-14,17H,2,4-7,26H2,1,3H3,(H2,28,29,32)/b22-13+. The van der Waals surface area contributed by atoms with Gasteiger partial charge in [-0.25, -0.2) is 14.6 Å². The Morgan fingerprint density at radius 3 is 2.57 bits per heavy atom. The highest BCUT2D eigenvalue weighted by Gasteiger charge is 2.26. The number of pyridine rings is 1. The number of nitrogens with zero attached hydrogens (tertiary/aromatic N) is 1. The zero-order valence-corrected chi connectivity index (χ0v) is 21.3. The van der Waals surface area contributed by atoms with Crippen LogP contribution in [-0.4, -0.2) is 29.9 Å². The summed E-state index contributed by atoms with van der Waals surface area (Å²) in [5.41, 5.74) is 8.04. The number of ketones is 1. The Bertz CT molecular complexity index is 1140. The van der Waals surface area contributed by atoms with Gasteiger partial charge in [0, 0.05) is 23.9 Å². The molecule has 0 bridgehead atoms. The molecule has 0 atom stereocenters. The van der Waals surface area contributed by atoms with E-state index in [4.69, 9.17) is 5.73 Å². The number of anilines is 1. The number of benzene rings is 1. The summed E-state index contributed by atoms with van der Waals surface area (Å²) in [5, 5.41) is 6.40. The van der Waals surface area contributed by atoms with E-state index in [1.165, 1.54) is 31.3 Å². The lowest BCUT2D eigenvalue weighted by atomic mass is 9.94. The van der Waals surface area contributed by atoms with E-state index in [0.717, 1.165) is 43.0 Å². The Morgan fingerprint density at radius 2 is 1.94 bits per heavy atom. The van der Waals surface area contributed by atoms with Crippen molar-refractivity contribution in [1.29, 1.82) is 0 Å². The zero-order chi connectivity index (χ0) is 25.4. The molecule has 3 rings (SSSR count). The highest BCUT2D eigenvalue weighted by molar-refractivity contribution is 8.23. The fourth-order valence-corrected chi connectivity index (χ4v) is 5.37. The summed E-state index contributed by atoms with van der Waals surface area (Å²) in [6, 6.07) is 8.20. The number of aryl methyl sites for hydroxylation is 1. The third-order valence-electron chi connectivity index (χ3n) is 5.39. The van der Waals surface area contributed by atoms with Crippen molar-refractivity contribution in [2.75, 3.05) is 12.4 Å². The summed E-state index contributed by atoms with van der Waals surface area (Å²) in [7, 11) is 1.30. The number of methoxy groups -OCH3 is 1. The van der Waals surface area contributed by atoms with Crippen LogP contribution in [-0.2, 0) is 4.74 Å². The van der Waals surface area contributed by atoms with E-state index in [-0.39, 0.29) is 11.7 Å². The molecule has 4 N–H and O–H groups in total. The second-order valence-electron chi connectivity index (χ2n) is 7.96. The number of aromatic nitrogens is 1. The Balaban J connectivity index is 1.58. The quantitative estimate of drug-likeness (QED) is 0.231. The fourth-order valence-electron chi connectivity index (χ4n) is 3.68. The molecule has 1 fully saturated rings. The third kappa shape index (κ3) is 7.37. The van der Waals surface area contributed by atoms with Crippen molar-refractivity contribution in [2.24, 2.45) is 11.7 Å². The average Bonchev–Trinajstić information content (AvgIpc) is 3.39. The van der Waals surface area contributed by atoms with Gasteiger partial charge < -0.3 is 21.1 Å². The molecular weight excluding hydrogens is 484 g/mol. The number of ether oxygens (including phenoxy) is 1. The van der Waals surface area contributed by atoms with E-state index in [1.807, 2.05) is 19.1 Å². The first-order valence-electron chi connectivity index (χ1n) is 11.0. The maximum atomic E-state index is 13.0. The summed E-state index contributed by atoms with van der Waals surface area (Å²) >= 11 is 2.42. The molecule has 1 aliphatic rings. The zero-order valence-electron chi connectivity index (χ0n) is 19.6. The SMILES string of the molecule is C=C(NC(=O)Nc1ccc(C)cc1C(=O)C1CCCC1)S/C(=C\N)Sc1ccc(C(=O)OC)cn1. The van der Waals surface area contributed by atoms with Crippen LogP contribution in [0, 0.1) is 12.8 Å². The van der Waals surface area contributed by atoms with Gasteiger partial charge in [0.25, 0.3) is 0 Å². The normalized spacial score (nSPS) is 13.8. The highest BCUT2D eigenvalue weighted by Crippen LogP contribution is 2.36. The first kappa shape index (κ1) is 26.4. The summed E-state index contributed by atoms with van der Waals surface area (Å²) in [4.78, 5) is 41.4. The smallest absolute Gasteiger partial charge is 0.339 e. The molecule has 2 aromatic rings. The van der Waals surface area contributed by atoms with Gasteiger partial charge in [-0.15, -0.1) is 0 Å². The Labute approximate surface area is 213 Å². The monoisotopic (exact) mass is 512 g/mol. The molecule has 0 radical (unpaired) electrons. The van der Waals surface area contributed by atoms with Crippen molar-refractivity contribution < 1.29 is 19.1 Å². The number of rotatable bonds is 9. The average molecular weight is 513 g/mol. The van der Waals surface area contributed by atoms with E-state index in [0.29, 0.717) is 31.1 Å². The number of Topliss-reactive ketones (excluding diaryl/α,β-unsaturated/α-hetero) is 1. The van der Waals surface area contributed by atoms with Crippen LogP contribution in [0.5, 0.6) is 0 Å². The van der Waals surface area contributed by atoms with E-state index in [1.54, 1.807) is 18.2 Å². The number of carbonyl (C=O) groups excluding carboxylic acids is 3. The Kier molecular flexibility index (Phi) is 9.39. The van der Waals surface area contributed by atoms with Crippen LogP contribution in [0.15, 0.2) is 63.6 Å². The van der Waals surface area contributed by atoms with Crippen molar-refractivity contribution in [3.8, 4) is 0 Å². The molecule has 1 aromatic heterocycles. The summed E-state index contributed by atoms with van der Waals surface area (Å²) in [5.74, 6) is -0.385. The molecule has 2 amide bonds. The van der Waals surface area contributed by atoms with Crippen molar-refractivity contribution in [2.45, 2.75) is 37.6 Å². The minimum atomic E-state index is -0.506. The number of nitrogens with two attached hydrogens (primary N) is 1. The molecule has 0 unspecified atom stereocenters. The number of nitrogens with one attached hydrogen (secondary N) is 2. The molecule has 8 nitrogen and oxygen atoms in total. The maximum Gasteiger partial charge on any atom is 0.339 e. The van der Waals surface area contributed by atoms with Gasteiger partial charge in [-0.05, 0) is 44.0 Å². The minimum absolute atomic E-state index is 0.00972. The van der Waals surface area contributed by atoms with Crippen LogP contribution in [0.2, 0.25) is 0 Å². The first-order chi connectivity index (χ1) is 16.8. The van der Waals surface area contributed by atoms with E-state index < -0.39 is 12.0 Å². The Morgan fingerprint density at radius 1 is 1.20 bits per heavy atom. The molecule has 1 aromatic carbocycles. The largest absolute Gasteiger partial charge is 0.465 e. The maximum absolute atomic E-state index is 13.0. The number of amides is 2. The van der Waals surface area contributed by atoms with Gasteiger partial charge in [0.05, 0.1) is 27.6 Å². The van der Waals surface area contributed by atoms with Gasteiger partial charge in [-0.3, -0.25) is 4.79 Å². The minimum Gasteiger partial charge on any atom is -0.465 e. The molecule has 1 heterocycles. The van der Waals surface area contributed by atoms with Crippen LogP contribution in [0.4, 0.5) is 10.5 Å². The number of urea groups is 1. The van der Waals surface area contributed by atoms with E-state index in [9.17, 15) is 14.4 Å². The van der Waals surface area contributed by atoms with Crippen LogP contribution < -0.4 is 16.4 Å². The van der Waals surface area contributed by atoms with E-state index >= 15 is 0 Å². The summed E-state index contributed by atoms with van der Waals surface area (Å²) in [6.07, 6.45) is 6.69. The van der Waals surface area contributed by atoms with Crippen LogP contribution >= 0.6 is 23.5 Å². The van der Waals surface area contributed by atoms with Gasteiger partial charge in [0.2, 0.25) is 0 Å². The van der Waals surface area contributed by atoms with Crippen molar-refractivity contribution in [1.82, 2.24) is 10.3 Å². The molecule has 1 saturated carbocycles. The predicted octanol–water partition coefficient (Wildman–Crippen LogP) is 5.43. The molecule has 0 spiro atoms. The number of hydrogen-bond donors (Lipinski definition) is 3.